The van der Waals surface area contributed by atoms with Crippen molar-refractivity contribution in [1.29, 1.82) is 0 Å². The van der Waals surface area contributed by atoms with Gasteiger partial charge in [-0.25, -0.2) is 4.79 Å². The molecule has 0 amide bonds. The molecule has 0 saturated heterocycles. The largest absolute Gasteiger partial charge is 0.496 e. The third-order valence-corrected chi connectivity index (χ3v) is 6.22. The fourth-order valence-corrected chi connectivity index (χ4v) is 4.27. The van der Waals surface area contributed by atoms with Crippen molar-refractivity contribution in [3.63, 3.8) is 0 Å². The van der Waals surface area contributed by atoms with E-state index in [2.05, 4.69) is 17.2 Å². The number of aliphatic hydroxyl groups is 1. The normalized spacial score (nSPS) is 12.9. The van der Waals surface area contributed by atoms with E-state index in [0.29, 0.717) is 24.7 Å². The predicted molar refractivity (Wildman–Crippen MR) is 140 cm³/mol. The van der Waals surface area contributed by atoms with Gasteiger partial charge in [0.15, 0.2) is 0 Å². The first-order chi connectivity index (χ1) is 17.4. The molecule has 7 heteroatoms. The lowest BCUT2D eigenvalue weighted by Crippen LogP contribution is -2.20. The Morgan fingerprint density at radius 2 is 1.83 bits per heavy atom. The van der Waals surface area contributed by atoms with Crippen LogP contribution in [0.25, 0.3) is 6.08 Å². The van der Waals surface area contributed by atoms with Crippen LogP contribution in [-0.4, -0.2) is 41.7 Å². The van der Waals surface area contributed by atoms with Gasteiger partial charge in [-0.05, 0) is 62.4 Å². The van der Waals surface area contributed by atoms with Gasteiger partial charge in [-0.1, -0.05) is 30.3 Å². The molecule has 1 N–H and O–H groups in total. The Labute approximate surface area is 213 Å². The van der Waals surface area contributed by atoms with Crippen LogP contribution in [0.3, 0.4) is 0 Å². The molecule has 7 nitrogen and oxygen atoms in total. The topological polar surface area (TPSA) is 82.8 Å². The summed E-state index contributed by atoms with van der Waals surface area (Å²) in [6.45, 7) is 4.55. The van der Waals surface area contributed by atoms with Crippen LogP contribution < -0.4 is 9.47 Å². The fourth-order valence-electron chi connectivity index (χ4n) is 4.27. The maximum Gasteiger partial charge on any atom is 0.330 e. The minimum absolute atomic E-state index is 0.104. The van der Waals surface area contributed by atoms with Crippen molar-refractivity contribution < 1.29 is 24.1 Å². The van der Waals surface area contributed by atoms with Crippen molar-refractivity contribution in [1.82, 2.24) is 9.78 Å². The van der Waals surface area contributed by atoms with E-state index in [-0.39, 0.29) is 11.9 Å². The number of rotatable bonds is 13. The highest BCUT2D eigenvalue weighted by atomic mass is 16.5. The summed E-state index contributed by atoms with van der Waals surface area (Å²) in [6, 6.07) is 14.1. The maximum atomic E-state index is 11.6. The van der Waals surface area contributed by atoms with E-state index in [1.807, 2.05) is 48.1 Å². The number of nitrogens with zero attached hydrogens (tertiary/aromatic N) is 2. The number of methoxy groups -OCH3 is 2. The number of benzene rings is 2. The quantitative estimate of drug-likeness (QED) is 0.262. The van der Waals surface area contributed by atoms with Crippen molar-refractivity contribution in [2.75, 3.05) is 20.8 Å². The Kier molecular flexibility index (Phi) is 10.1. The molecule has 0 spiro atoms. The number of ether oxygens (including phenoxy) is 3. The number of carbonyl (C=O) groups is 1. The monoisotopic (exact) mass is 492 g/mol. The van der Waals surface area contributed by atoms with Crippen molar-refractivity contribution >= 4 is 12.0 Å². The molecule has 2 atom stereocenters. The zero-order chi connectivity index (χ0) is 25.9. The van der Waals surface area contributed by atoms with Crippen LogP contribution in [-0.2, 0) is 22.5 Å². The third kappa shape index (κ3) is 7.46. The van der Waals surface area contributed by atoms with Crippen LogP contribution in [0.1, 0.15) is 48.1 Å². The summed E-state index contributed by atoms with van der Waals surface area (Å²) in [5.74, 6) is 0.864. The lowest BCUT2D eigenvalue weighted by Gasteiger charge is -2.25. The van der Waals surface area contributed by atoms with E-state index >= 15 is 0 Å². The number of carbonyl (C=O) groups excluding carboxylic acids is 1. The van der Waals surface area contributed by atoms with Crippen LogP contribution in [0.15, 0.2) is 60.9 Å². The smallest absolute Gasteiger partial charge is 0.330 e. The average Bonchev–Trinajstić information content (AvgIpc) is 3.35. The molecule has 1 heterocycles. The Balaban J connectivity index is 1.80. The molecular weight excluding hydrogens is 456 g/mol. The predicted octanol–water partition coefficient (Wildman–Crippen LogP) is 5.16. The zero-order valence-electron chi connectivity index (χ0n) is 21.5. The first kappa shape index (κ1) is 27.0. The van der Waals surface area contributed by atoms with Crippen LogP contribution >= 0.6 is 0 Å². The van der Waals surface area contributed by atoms with Gasteiger partial charge < -0.3 is 19.3 Å². The Bertz CT molecular complexity index is 1110. The van der Waals surface area contributed by atoms with E-state index in [1.165, 1.54) is 11.6 Å². The molecule has 0 aliphatic heterocycles. The van der Waals surface area contributed by atoms with Gasteiger partial charge in [0.1, 0.15) is 11.5 Å². The lowest BCUT2D eigenvalue weighted by molar-refractivity contribution is -0.137. The molecule has 0 radical (unpaired) electrons. The summed E-state index contributed by atoms with van der Waals surface area (Å²) < 4.78 is 17.8. The third-order valence-electron chi connectivity index (χ3n) is 6.22. The molecule has 3 rings (SSSR count). The Morgan fingerprint density at radius 3 is 2.47 bits per heavy atom. The van der Waals surface area contributed by atoms with E-state index in [9.17, 15) is 9.90 Å². The van der Waals surface area contributed by atoms with Crippen LogP contribution in [0, 0.1) is 12.8 Å². The Morgan fingerprint density at radius 1 is 1.14 bits per heavy atom. The minimum Gasteiger partial charge on any atom is -0.496 e. The van der Waals surface area contributed by atoms with Crippen molar-refractivity contribution in [3.05, 3.63) is 83.2 Å². The number of hydrogen-bond donors (Lipinski definition) is 1. The molecule has 0 bridgehead atoms. The number of aliphatic hydroxyl groups excluding tert-OH is 1. The van der Waals surface area contributed by atoms with Gasteiger partial charge in [0.05, 0.1) is 33.1 Å². The van der Waals surface area contributed by atoms with Crippen LogP contribution in [0.2, 0.25) is 0 Å². The van der Waals surface area contributed by atoms with Gasteiger partial charge in [0.25, 0.3) is 0 Å². The molecule has 3 aromatic rings. The van der Waals surface area contributed by atoms with Crippen LogP contribution in [0.4, 0.5) is 0 Å². The second-order valence-electron chi connectivity index (χ2n) is 8.71. The van der Waals surface area contributed by atoms with Gasteiger partial charge in [-0.3, -0.25) is 4.68 Å². The molecule has 0 aliphatic carbocycles. The average molecular weight is 493 g/mol. The maximum absolute atomic E-state index is 11.6. The standard InChI is InChI=1S/C29H36N2O5/c1-5-36-28(32)15-14-23-18-30-31(19-23)20-24(13-9-12-22-10-7-6-8-11-22)29(33)25-16-26(34-3)21(2)27(17-25)35-4/h6-8,10-11,14-19,24,29,33H,5,9,12-13,20H2,1-4H3/b15-14+/t24-,29-/m0/s1. The molecular formula is C29H36N2O5. The summed E-state index contributed by atoms with van der Waals surface area (Å²) in [7, 11) is 3.23. The fraction of sp³-hybridized carbons (Fsp3) is 0.379. The molecule has 0 unspecified atom stereocenters. The second kappa shape index (κ2) is 13.5. The Hall–Kier alpha value is -3.58. The first-order valence-corrected chi connectivity index (χ1v) is 12.3. The minimum atomic E-state index is -0.744. The highest BCUT2D eigenvalue weighted by Gasteiger charge is 2.24. The van der Waals surface area contributed by atoms with E-state index < -0.39 is 6.10 Å². The number of aromatic nitrogens is 2. The van der Waals surface area contributed by atoms with E-state index in [4.69, 9.17) is 14.2 Å². The number of esters is 1. The summed E-state index contributed by atoms with van der Waals surface area (Å²) in [4.78, 5) is 11.6. The SMILES string of the molecule is CCOC(=O)/C=C/c1cnn(C[C@H](CCCc2ccccc2)[C@H](O)c2cc(OC)c(C)c(OC)c2)c1. The van der Waals surface area contributed by atoms with Gasteiger partial charge in [0, 0.05) is 35.9 Å². The first-order valence-electron chi connectivity index (χ1n) is 12.3. The summed E-state index contributed by atoms with van der Waals surface area (Å²) >= 11 is 0. The van der Waals surface area contributed by atoms with Gasteiger partial charge in [-0.2, -0.15) is 5.10 Å². The van der Waals surface area contributed by atoms with Crippen LogP contribution in [0.5, 0.6) is 11.5 Å². The highest BCUT2D eigenvalue weighted by Crippen LogP contribution is 2.36. The van der Waals surface area contributed by atoms with Crippen molar-refractivity contribution in [3.8, 4) is 11.5 Å². The van der Waals surface area contributed by atoms with Gasteiger partial charge in [0.2, 0.25) is 0 Å². The van der Waals surface area contributed by atoms with E-state index in [1.54, 1.807) is 33.4 Å². The van der Waals surface area contributed by atoms with Crippen molar-refractivity contribution in [2.24, 2.45) is 5.92 Å². The van der Waals surface area contributed by atoms with E-state index in [0.717, 1.165) is 36.0 Å². The molecule has 1 aromatic heterocycles. The molecule has 2 aromatic carbocycles. The number of hydrogen-bond acceptors (Lipinski definition) is 6. The second-order valence-corrected chi connectivity index (χ2v) is 8.71. The summed E-state index contributed by atoms with van der Waals surface area (Å²) in [5, 5.41) is 15.9. The highest BCUT2D eigenvalue weighted by molar-refractivity contribution is 5.86. The number of aryl methyl sites for hydroxylation is 1. The molecule has 192 valence electrons. The molecule has 0 aliphatic rings. The lowest BCUT2D eigenvalue weighted by atomic mass is 9.89. The molecule has 0 saturated carbocycles. The summed E-state index contributed by atoms with van der Waals surface area (Å²) in [6.07, 6.45) is 8.53. The summed E-state index contributed by atoms with van der Waals surface area (Å²) in [5.41, 5.74) is 3.70. The van der Waals surface area contributed by atoms with Gasteiger partial charge >= 0.3 is 5.97 Å². The molecule has 36 heavy (non-hydrogen) atoms. The zero-order valence-corrected chi connectivity index (χ0v) is 21.5. The van der Waals surface area contributed by atoms with Crippen molar-refractivity contribution in [2.45, 2.75) is 45.8 Å². The molecule has 0 fully saturated rings. The van der Waals surface area contributed by atoms with Gasteiger partial charge in [-0.15, -0.1) is 0 Å².